The van der Waals surface area contributed by atoms with Gasteiger partial charge in [-0.15, -0.1) is 0 Å². The number of sulfonamides is 1. The number of carbonyl (C=O) groups excluding carboxylic acids is 2. The highest BCUT2D eigenvalue weighted by atomic mass is 32.2. The Hall–Kier alpha value is -3.72. The van der Waals surface area contributed by atoms with Crippen molar-refractivity contribution in [3.8, 4) is 6.07 Å². The molecular formula is C24H23N5O5S. The Morgan fingerprint density at radius 3 is 2.40 bits per heavy atom. The Kier molecular flexibility index (Phi) is 5.59. The van der Waals surface area contributed by atoms with E-state index in [-0.39, 0.29) is 24.7 Å². The highest BCUT2D eigenvalue weighted by Crippen LogP contribution is 2.33. The van der Waals surface area contributed by atoms with Crippen LogP contribution in [0, 0.1) is 11.3 Å². The molecule has 0 bridgehead atoms. The molecule has 0 saturated carbocycles. The Bertz CT molecular complexity index is 1420. The molecule has 2 fully saturated rings. The van der Waals surface area contributed by atoms with Crippen LogP contribution in [0.4, 0.5) is 4.79 Å². The maximum Gasteiger partial charge on any atom is 0.326 e. The number of benzene rings is 2. The number of hydrogen-bond acceptors (Lipinski definition) is 7. The zero-order chi connectivity index (χ0) is 24.8. The number of imide groups is 1. The third-order valence-electron chi connectivity index (χ3n) is 6.49. The summed E-state index contributed by atoms with van der Waals surface area (Å²) >= 11 is 0. The quantitative estimate of drug-likeness (QED) is 0.539. The molecule has 3 heterocycles. The van der Waals surface area contributed by atoms with Crippen molar-refractivity contribution in [1.82, 2.24) is 19.4 Å². The molecule has 2 aliphatic rings. The SMILES string of the molecule is C[C@]1(c2cc3ccccc3o2)NC(=O)N(CN2CCN(S(=O)(=O)c3ccc(C#N)cc3)CC2)C1=O. The molecule has 3 amide bonds. The van der Waals surface area contributed by atoms with Crippen LogP contribution >= 0.6 is 0 Å². The van der Waals surface area contributed by atoms with Crippen LogP contribution < -0.4 is 5.32 Å². The maximum absolute atomic E-state index is 13.3. The number of hydrogen-bond donors (Lipinski definition) is 1. The van der Waals surface area contributed by atoms with Crippen molar-refractivity contribution >= 4 is 32.9 Å². The molecule has 1 N–H and O–H groups in total. The Labute approximate surface area is 202 Å². The minimum atomic E-state index is -3.70. The first kappa shape index (κ1) is 23.0. The van der Waals surface area contributed by atoms with E-state index >= 15 is 0 Å². The predicted molar refractivity (Wildman–Crippen MR) is 125 cm³/mol. The van der Waals surface area contributed by atoms with Gasteiger partial charge in [-0.05, 0) is 43.3 Å². The van der Waals surface area contributed by atoms with Gasteiger partial charge in [0.2, 0.25) is 10.0 Å². The molecule has 11 heteroatoms. The minimum Gasteiger partial charge on any atom is -0.458 e. The van der Waals surface area contributed by atoms with Crippen LogP contribution in [0.3, 0.4) is 0 Å². The third-order valence-corrected chi connectivity index (χ3v) is 8.40. The maximum atomic E-state index is 13.3. The van der Waals surface area contributed by atoms with Crippen LogP contribution in [0.25, 0.3) is 11.0 Å². The van der Waals surface area contributed by atoms with Gasteiger partial charge in [0.05, 0.1) is 23.2 Å². The first-order chi connectivity index (χ1) is 16.7. The summed E-state index contributed by atoms with van der Waals surface area (Å²) in [4.78, 5) is 29.1. The minimum absolute atomic E-state index is 0.0469. The first-order valence-electron chi connectivity index (χ1n) is 11.1. The van der Waals surface area contributed by atoms with Crippen molar-refractivity contribution in [2.45, 2.75) is 17.4 Å². The Balaban J connectivity index is 1.25. The molecule has 35 heavy (non-hydrogen) atoms. The fourth-order valence-electron chi connectivity index (χ4n) is 4.38. The molecule has 180 valence electrons. The van der Waals surface area contributed by atoms with Gasteiger partial charge in [-0.1, -0.05) is 18.2 Å². The second kappa shape index (κ2) is 8.49. The zero-order valence-corrected chi connectivity index (χ0v) is 19.8. The first-order valence-corrected chi connectivity index (χ1v) is 12.5. The molecule has 2 saturated heterocycles. The van der Waals surface area contributed by atoms with Crippen molar-refractivity contribution in [1.29, 1.82) is 5.26 Å². The van der Waals surface area contributed by atoms with Crippen molar-refractivity contribution < 1.29 is 22.4 Å². The lowest BCUT2D eigenvalue weighted by atomic mass is 9.99. The Morgan fingerprint density at radius 2 is 1.74 bits per heavy atom. The number of carbonyl (C=O) groups is 2. The number of nitriles is 1. The van der Waals surface area contributed by atoms with E-state index in [1.165, 1.54) is 28.6 Å². The normalized spacial score (nSPS) is 21.9. The van der Waals surface area contributed by atoms with Gasteiger partial charge >= 0.3 is 6.03 Å². The van der Waals surface area contributed by atoms with Gasteiger partial charge in [0.15, 0.2) is 5.54 Å². The molecule has 5 rings (SSSR count). The molecule has 3 aromatic rings. The van der Waals surface area contributed by atoms with E-state index < -0.39 is 27.5 Å². The molecule has 0 spiro atoms. The summed E-state index contributed by atoms with van der Waals surface area (Å²) in [7, 11) is -3.70. The van der Waals surface area contributed by atoms with E-state index in [0.29, 0.717) is 30.0 Å². The van der Waals surface area contributed by atoms with Crippen molar-refractivity contribution in [3.05, 3.63) is 65.9 Å². The highest BCUT2D eigenvalue weighted by Gasteiger charge is 2.51. The lowest BCUT2D eigenvalue weighted by Gasteiger charge is -2.35. The topological polar surface area (TPSA) is 127 Å². The largest absolute Gasteiger partial charge is 0.458 e. The van der Waals surface area contributed by atoms with Gasteiger partial charge in [0, 0.05) is 31.6 Å². The Morgan fingerprint density at radius 1 is 1.06 bits per heavy atom. The van der Waals surface area contributed by atoms with E-state index in [4.69, 9.17) is 9.68 Å². The van der Waals surface area contributed by atoms with Crippen LogP contribution in [0.1, 0.15) is 18.2 Å². The van der Waals surface area contributed by atoms with Gasteiger partial charge in [0.25, 0.3) is 5.91 Å². The van der Waals surface area contributed by atoms with Gasteiger partial charge in [0.1, 0.15) is 11.3 Å². The molecule has 0 unspecified atom stereocenters. The average Bonchev–Trinajstić information content (AvgIpc) is 3.40. The second-order valence-corrected chi connectivity index (χ2v) is 10.7. The summed E-state index contributed by atoms with van der Waals surface area (Å²) in [6.45, 7) is 2.81. The average molecular weight is 494 g/mol. The number of nitrogens with zero attached hydrogens (tertiary/aromatic N) is 4. The number of para-hydroxylation sites is 1. The molecule has 1 aromatic heterocycles. The van der Waals surface area contributed by atoms with E-state index in [9.17, 15) is 18.0 Å². The van der Waals surface area contributed by atoms with Gasteiger partial charge in [-0.25, -0.2) is 18.1 Å². The van der Waals surface area contributed by atoms with Gasteiger partial charge in [-0.3, -0.25) is 9.69 Å². The lowest BCUT2D eigenvalue weighted by Crippen LogP contribution is -2.52. The summed E-state index contributed by atoms with van der Waals surface area (Å²) in [5.41, 5.74) is -0.308. The summed E-state index contributed by atoms with van der Waals surface area (Å²) in [5, 5.41) is 12.5. The summed E-state index contributed by atoms with van der Waals surface area (Å²) in [5.74, 6) is -0.0629. The molecule has 1 atom stereocenters. The molecule has 2 aliphatic heterocycles. The number of urea groups is 1. The van der Waals surface area contributed by atoms with Gasteiger partial charge in [-0.2, -0.15) is 9.57 Å². The van der Waals surface area contributed by atoms with Crippen molar-refractivity contribution in [2.75, 3.05) is 32.8 Å². The number of amides is 3. The van der Waals surface area contributed by atoms with Crippen LogP contribution in [-0.2, 0) is 20.4 Å². The molecule has 0 aliphatic carbocycles. The fraction of sp³-hybridized carbons (Fsp3) is 0.292. The van der Waals surface area contributed by atoms with Crippen molar-refractivity contribution in [3.63, 3.8) is 0 Å². The smallest absolute Gasteiger partial charge is 0.326 e. The van der Waals surface area contributed by atoms with E-state index in [2.05, 4.69) is 5.32 Å². The number of nitrogens with one attached hydrogen (secondary N) is 1. The van der Waals surface area contributed by atoms with E-state index in [1.807, 2.05) is 29.2 Å². The third kappa shape index (κ3) is 3.95. The number of furan rings is 1. The predicted octanol–water partition coefficient (Wildman–Crippen LogP) is 2.04. The lowest BCUT2D eigenvalue weighted by molar-refractivity contribution is -0.133. The fourth-order valence-corrected chi connectivity index (χ4v) is 5.80. The van der Waals surface area contributed by atoms with E-state index in [1.54, 1.807) is 19.1 Å². The van der Waals surface area contributed by atoms with E-state index in [0.717, 1.165) is 10.3 Å². The number of fused-ring (bicyclic) bond motifs is 1. The van der Waals surface area contributed by atoms with Crippen LogP contribution in [0.5, 0.6) is 0 Å². The number of rotatable bonds is 5. The highest BCUT2D eigenvalue weighted by molar-refractivity contribution is 7.89. The standard InChI is InChI=1S/C24H23N5O5S/c1-24(21-14-18-4-2-3-5-20(18)34-21)22(30)29(23(31)26-24)16-27-10-12-28(13-11-27)35(32,33)19-8-6-17(15-25)7-9-19/h2-9,14H,10-13,16H2,1H3,(H,26,31)/t24-/m1/s1. The van der Waals surface area contributed by atoms with Crippen LogP contribution in [0.15, 0.2) is 63.9 Å². The monoisotopic (exact) mass is 493 g/mol. The number of piperazine rings is 1. The van der Waals surface area contributed by atoms with Crippen molar-refractivity contribution in [2.24, 2.45) is 0 Å². The molecule has 10 nitrogen and oxygen atoms in total. The van der Waals surface area contributed by atoms with Crippen LogP contribution in [-0.4, -0.2) is 67.3 Å². The summed E-state index contributed by atoms with van der Waals surface area (Å²) in [6, 6.07) is 16.4. The summed E-state index contributed by atoms with van der Waals surface area (Å²) < 4.78 is 33.1. The molecule has 2 aromatic carbocycles. The zero-order valence-electron chi connectivity index (χ0n) is 19.0. The second-order valence-electron chi connectivity index (χ2n) is 8.74. The molecular weight excluding hydrogens is 470 g/mol. The van der Waals surface area contributed by atoms with Crippen LogP contribution in [0.2, 0.25) is 0 Å². The van der Waals surface area contributed by atoms with Gasteiger partial charge < -0.3 is 9.73 Å². The molecule has 0 radical (unpaired) electrons. The summed E-state index contributed by atoms with van der Waals surface area (Å²) in [6.07, 6.45) is 0.